The van der Waals surface area contributed by atoms with Gasteiger partial charge >= 0.3 is 0 Å². The van der Waals surface area contributed by atoms with E-state index < -0.39 is 5.60 Å². The molecule has 2 N–H and O–H groups in total. The summed E-state index contributed by atoms with van der Waals surface area (Å²) in [6.07, 6.45) is 2.97. The molecule has 0 fully saturated rings. The van der Waals surface area contributed by atoms with Gasteiger partial charge in [0, 0.05) is 31.4 Å². The number of hydrogen-bond donors (Lipinski definition) is 2. The first-order valence-electron chi connectivity index (χ1n) is 5.81. The van der Waals surface area contributed by atoms with Gasteiger partial charge in [0.2, 0.25) is 0 Å². The predicted molar refractivity (Wildman–Crippen MR) is 65.2 cm³/mol. The fourth-order valence-electron chi connectivity index (χ4n) is 1.54. The lowest BCUT2D eigenvalue weighted by Gasteiger charge is -2.26. The molecule has 1 atom stereocenters. The van der Waals surface area contributed by atoms with Gasteiger partial charge in [0.05, 0.1) is 11.3 Å². The molecule has 0 aromatic carbocycles. The molecule has 0 aliphatic heterocycles. The van der Waals surface area contributed by atoms with Gasteiger partial charge in [-0.2, -0.15) is 5.10 Å². The van der Waals surface area contributed by atoms with Crippen molar-refractivity contribution in [1.82, 2.24) is 15.1 Å². The molecule has 0 bridgehead atoms. The zero-order valence-corrected chi connectivity index (χ0v) is 10.9. The first-order valence-corrected chi connectivity index (χ1v) is 5.81. The number of nitrogens with zero attached hydrogens (tertiary/aromatic N) is 2. The Morgan fingerprint density at radius 3 is 2.69 bits per heavy atom. The van der Waals surface area contributed by atoms with E-state index in [1.54, 1.807) is 0 Å². The summed E-state index contributed by atoms with van der Waals surface area (Å²) in [5.41, 5.74) is 1.63. The highest BCUT2D eigenvalue weighted by Crippen LogP contribution is 2.11. The minimum atomic E-state index is -0.700. The number of aryl methyl sites for hydroxylation is 2. The maximum atomic E-state index is 9.81. The molecule has 4 heteroatoms. The van der Waals surface area contributed by atoms with Gasteiger partial charge in [0.1, 0.15) is 0 Å². The van der Waals surface area contributed by atoms with E-state index in [1.165, 1.54) is 5.56 Å². The fraction of sp³-hybridized carbons (Fsp3) is 0.750. The number of rotatable bonds is 5. The normalized spacial score (nSPS) is 14.1. The monoisotopic (exact) mass is 225 g/mol. The van der Waals surface area contributed by atoms with Gasteiger partial charge in [-0.25, -0.2) is 0 Å². The molecular weight excluding hydrogens is 202 g/mol. The first kappa shape index (κ1) is 13.2. The molecule has 92 valence electrons. The van der Waals surface area contributed by atoms with Crippen molar-refractivity contribution in [2.75, 3.05) is 0 Å². The first-order chi connectivity index (χ1) is 7.34. The van der Waals surface area contributed by atoms with Crippen molar-refractivity contribution in [2.24, 2.45) is 7.05 Å². The van der Waals surface area contributed by atoms with Crippen LogP contribution in [-0.4, -0.2) is 26.5 Å². The summed E-state index contributed by atoms with van der Waals surface area (Å²) in [5.74, 6) is 0. The quantitative estimate of drug-likeness (QED) is 0.792. The zero-order valence-electron chi connectivity index (χ0n) is 10.9. The molecule has 4 nitrogen and oxygen atoms in total. The number of nitrogens with one attached hydrogen (secondary N) is 1. The number of aliphatic hydroxyl groups is 1. The third-order valence-corrected chi connectivity index (χ3v) is 2.99. The molecule has 16 heavy (non-hydrogen) atoms. The standard InChI is InChI=1S/C12H23N3O/c1-6-11-10(8-15(5)14-11)7-13-9(2)12(3,4)16/h8-9,13,16H,6-7H2,1-5H3. The zero-order chi connectivity index (χ0) is 12.3. The fourth-order valence-corrected chi connectivity index (χ4v) is 1.54. The van der Waals surface area contributed by atoms with E-state index >= 15 is 0 Å². The summed E-state index contributed by atoms with van der Waals surface area (Å²) in [5, 5.41) is 17.5. The SMILES string of the molecule is CCc1nn(C)cc1CNC(C)C(C)(C)O. The molecule has 0 saturated carbocycles. The lowest BCUT2D eigenvalue weighted by Crippen LogP contribution is -2.44. The summed E-state index contributed by atoms with van der Waals surface area (Å²) in [7, 11) is 1.93. The van der Waals surface area contributed by atoms with Gasteiger partial charge in [0.25, 0.3) is 0 Å². The van der Waals surface area contributed by atoms with E-state index in [0.717, 1.165) is 18.7 Å². The van der Waals surface area contributed by atoms with Gasteiger partial charge in [0.15, 0.2) is 0 Å². The van der Waals surface area contributed by atoms with Crippen LogP contribution in [0.1, 0.15) is 39.0 Å². The van der Waals surface area contributed by atoms with Crippen molar-refractivity contribution < 1.29 is 5.11 Å². The Morgan fingerprint density at radius 2 is 2.19 bits per heavy atom. The topological polar surface area (TPSA) is 50.1 Å². The Kier molecular flexibility index (Phi) is 4.10. The molecular formula is C12H23N3O. The maximum Gasteiger partial charge on any atom is 0.0741 e. The van der Waals surface area contributed by atoms with E-state index in [4.69, 9.17) is 0 Å². The molecule has 0 amide bonds. The van der Waals surface area contributed by atoms with Crippen LogP contribution in [-0.2, 0) is 20.0 Å². The summed E-state index contributed by atoms with van der Waals surface area (Å²) in [4.78, 5) is 0. The minimum absolute atomic E-state index is 0.0532. The third-order valence-electron chi connectivity index (χ3n) is 2.99. The molecule has 0 aliphatic carbocycles. The van der Waals surface area contributed by atoms with Crippen LogP contribution in [0.4, 0.5) is 0 Å². The van der Waals surface area contributed by atoms with E-state index in [-0.39, 0.29) is 6.04 Å². The Bertz CT molecular complexity index is 339. The summed E-state index contributed by atoms with van der Waals surface area (Å²) < 4.78 is 1.84. The van der Waals surface area contributed by atoms with E-state index in [1.807, 2.05) is 38.7 Å². The highest BCUT2D eigenvalue weighted by atomic mass is 16.3. The molecule has 1 unspecified atom stereocenters. The molecule has 1 aromatic heterocycles. The van der Waals surface area contributed by atoms with Crippen LogP contribution >= 0.6 is 0 Å². The average molecular weight is 225 g/mol. The van der Waals surface area contributed by atoms with Crippen molar-refractivity contribution in [1.29, 1.82) is 0 Å². The van der Waals surface area contributed by atoms with Crippen molar-refractivity contribution in [3.63, 3.8) is 0 Å². The summed E-state index contributed by atoms with van der Waals surface area (Å²) in [6.45, 7) is 8.47. The number of aromatic nitrogens is 2. The van der Waals surface area contributed by atoms with E-state index in [9.17, 15) is 5.11 Å². The molecule has 1 heterocycles. The van der Waals surface area contributed by atoms with Crippen molar-refractivity contribution in [3.8, 4) is 0 Å². The van der Waals surface area contributed by atoms with Crippen molar-refractivity contribution in [3.05, 3.63) is 17.5 Å². The Labute approximate surface area is 97.7 Å². The summed E-state index contributed by atoms with van der Waals surface area (Å²) >= 11 is 0. The number of hydrogen-bond acceptors (Lipinski definition) is 3. The molecule has 0 spiro atoms. The lowest BCUT2D eigenvalue weighted by atomic mass is 10.0. The maximum absolute atomic E-state index is 9.81. The van der Waals surface area contributed by atoms with Gasteiger partial charge in [-0.05, 0) is 27.2 Å². The van der Waals surface area contributed by atoms with Crippen LogP contribution in [0.25, 0.3) is 0 Å². The van der Waals surface area contributed by atoms with Gasteiger partial charge in [-0.1, -0.05) is 6.92 Å². The molecule has 0 aliphatic rings. The van der Waals surface area contributed by atoms with Crippen molar-refractivity contribution in [2.45, 2.75) is 52.3 Å². The van der Waals surface area contributed by atoms with Crippen LogP contribution in [0.5, 0.6) is 0 Å². The molecule has 1 aromatic rings. The van der Waals surface area contributed by atoms with Crippen LogP contribution in [0.15, 0.2) is 6.20 Å². The average Bonchev–Trinajstić information content (AvgIpc) is 2.53. The lowest BCUT2D eigenvalue weighted by molar-refractivity contribution is 0.0437. The van der Waals surface area contributed by atoms with Crippen LogP contribution in [0.2, 0.25) is 0 Å². The van der Waals surface area contributed by atoms with E-state index in [0.29, 0.717) is 0 Å². The second kappa shape index (κ2) is 4.97. The predicted octanol–water partition coefficient (Wildman–Crippen LogP) is 1.23. The summed E-state index contributed by atoms with van der Waals surface area (Å²) in [6, 6.07) is 0.0532. The highest BCUT2D eigenvalue weighted by Gasteiger charge is 2.21. The molecule has 0 saturated heterocycles. The van der Waals surface area contributed by atoms with E-state index in [2.05, 4.69) is 17.3 Å². The van der Waals surface area contributed by atoms with Crippen LogP contribution in [0.3, 0.4) is 0 Å². The van der Waals surface area contributed by atoms with Crippen LogP contribution < -0.4 is 5.32 Å². The Hall–Kier alpha value is -0.870. The minimum Gasteiger partial charge on any atom is -0.389 e. The molecule has 0 radical (unpaired) electrons. The van der Waals surface area contributed by atoms with Crippen molar-refractivity contribution >= 4 is 0 Å². The smallest absolute Gasteiger partial charge is 0.0741 e. The highest BCUT2D eigenvalue weighted by molar-refractivity contribution is 5.16. The van der Waals surface area contributed by atoms with Gasteiger partial charge in [-0.3, -0.25) is 4.68 Å². The second-order valence-electron chi connectivity index (χ2n) is 4.88. The Balaban J connectivity index is 2.61. The second-order valence-corrected chi connectivity index (χ2v) is 4.88. The van der Waals surface area contributed by atoms with Gasteiger partial charge < -0.3 is 10.4 Å². The largest absolute Gasteiger partial charge is 0.389 e. The Morgan fingerprint density at radius 1 is 1.56 bits per heavy atom. The molecule has 1 rings (SSSR count). The van der Waals surface area contributed by atoms with Crippen LogP contribution in [0, 0.1) is 0 Å². The third kappa shape index (κ3) is 3.32. The van der Waals surface area contributed by atoms with Gasteiger partial charge in [-0.15, -0.1) is 0 Å².